The smallest absolute Gasteiger partial charge is 0.249 e. The van der Waals surface area contributed by atoms with Crippen LogP contribution in [0.3, 0.4) is 0 Å². The Morgan fingerprint density at radius 1 is 1.62 bits per heavy atom. The lowest BCUT2D eigenvalue weighted by Gasteiger charge is -2.34. The normalized spacial score (nSPS) is 18.9. The van der Waals surface area contributed by atoms with Gasteiger partial charge in [0.25, 0.3) is 0 Å². The predicted molar refractivity (Wildman–Crippen MR) is 77.9 cm³/mol. The third-order valence-corrected chi connectivity index (χ3v) is 3.13. The SMILES string of the molecule is COCC(=O)N1CCOC[C@@H]1c1nccc(NC(C)C)n1. The van der Waals surface area contributed by atoms with Crippen molar-refractivity contribution in [3.8, 4) is 0 Å². The van der Waals surface area contributed by atoms with Gasteiger partial charge in [-0.3, -0.25) is 4.79 Å². The lowest BCUT2D eigenvalue weighted by molar-refractivity contribution is -0.144. The molecule has 1 saturated heterocycles. The maximum absolute atomic E-state index is 12.1. The first-order valence-electron chi connectivity index (χ1n) is 7.07. The van der Waals surface area contributed by atoms with Crippen LogP contribution in [0.1, 0.15) is 25.7 Å². The van der Waals surface area contributed by atoms with Crippen molar-refractivity contribution in [3.05, 3.63) is 18.1 Å². The molecule has 1 aromatic heterocycles. The van der Waals surface area contributed by atoms with Crippen LogP contribution in [-0.2, 0) is 14.3 Å². The quantitative estimate of drug-likeness (QED) is 0.867. The number of rotatable bonds is 5. The van der Waals surface area contributed by atoms with E-state index in [2.05, 4.69) is 15.3 Å². The highest BCUT2D eigenvalue weighted by atomic mass is 16.5. The van der Waals surface area contributed by atoms with E-state index in [-0.39, 0.29) is 24.6 Å². The van der Waals surface area contributed by atoms with E-state index in [1.165, 1.54) is 7.11 Å². The van der Waals surface area contributed by atoms with Crippen molar-refractivity contribution in [1.29, 1.82) is 0 Å². The minimum Gasteiger partial charge on any atom is -0.377 e. The molecule has 1 aliphatic heterocycles. The summed E-state index contributed by atoms with van der Waals surface area (Å²) >= 11 is 0. The number of ether oxygens (including phenoxy) is 2. The Balaban J connectivity index is 2.18. The summed E-state index contributed by atoms with van der Waals surface area (Å²) in [6, 6.07) is 1.83. The van der Waals surface area contributed by atoms with E-state index in [4.69, 9.17) is 9.47 Å². The van der Waals surface area contributed by atoms with Gasteiger partial charge in [0.15, 0.2) is 5.82 Å². The second-order valence-corrected chi connectivity index (χ2v) is 5.21. The van der Waals surface area contributed by atoms with Gasteiger partial charge < -0.3 is 19.7 Å². The van der Waals surface area contributed by atoms with Gasteiger partial charge in [-0.25, -0.2) is 9.97 Å². The van der Waals surface area contributed by atoms with Crippen LogP contribution in [0, 0.1) is 0 Å². The highest BCUT2D eigenvalue weighted by molar-refractivity contribution is 5.78. The molecule has 0 aromatic carbocycles. The lowest BCUT2D eigenvalue weighted by Crippen LogP contribution is -2.45. The number of anilines is 1. The number of carbonyl (C=O) groups excluding carboxylic acids is 1. The second-order valence-electron chi connectivity index (χ2n) is 5.21. The maximum atomic E-state index is 12.1. The monoisotopic (exact) mass is 294 g/mol. The van der Waals surface area contributed by atoms with Crippen molar-refractivity contribution in [2.24, 2.45) is 0 Å². The molecule has 1 atom stereocenters. The zero-order valence-electron chi connectivity index (χ0n) is 12.7. The highest BCUT2D eigenvalue weighted by Crippen LogP contribution is 2.22. The number of hydrogen-bond acceptors (Lipinski definition) is 6. The van der Waals surface area contributed by atoms with Crippen molar-refractivity contribution in [2.45, 2.75) is 25.9 Å². The van der Waals surface area contributed by atoms with Crippen molar-refractivity contribution in [1.82, 2.24) is 14.9 Å². The van der Waals surface area contributed by atoms with E-state index in [1.807, 2.05) is 19.9 Å². The molecule has 7 heteroatoms. The van der Waals surface area contributed by atoms with E-state index >= 15 is 0 Å². The minimum absolute atomic E-state index is 0.0560. The van der Waals surface area contributed by atoms with E-state index in [1.54, 1.807) is 11.1 Å². The van der Waals surface area contributed by atoms with Gasteiger partial charge in [-0.2, -0.15) is 0 Å². The molecule has 1 fully saturated rings. The summed E-state index contributed by atoms with van der Waals surface area (Å²) in [4.78, 5) is 22.6. The minimum atomic E-state index is -0.268. The fourth-order valence-electron chi connectivity index (χ4n) is 2.23. The zero-order valence-corrected chi connectivity index (χ0v) is 12.7. The van der Waals surface area contributed by atoms with Crippen LogP contribution >= 0.6 is 0 Å². The van der Waals surface area contributed by atoms with Crippen molar-refractivity contribution in [3.63, 3.8) is 0 Å². The third-order valence-electron chi connectivity index (χ3n) is 3.13. The maximum Gasteiger partial charge on any atom is 0.249 e. The van der Waals surface area contributed by atoms with E-state index in [0.717, 1.165) is 5.82 Å². The van der Waals surface area contributed by atoms with Gasteiger partial charge >= 0.3 is 0 Å². The molecule has 0 radical (unpaired) electrons. The molecule has 1 amide bonds. The highest BCUT2D eigenvalue weighted by Gasteiger charge is 2.30. The summed E-state index contributed by atoms with van der Waals surface area (Å²) in [5.74, 6) is 1.26. The topological polar surface area (TPSA) is 76.6 Å². The third kappa shape index (κ3) is 4.12. The van der Waals surface area contributed by atoms with E-state index in [0.29, 0.717) is 25.6 Å². The molecule has 0 spiro atoms. The van der Waals surface area contributed by atoms with Gasteiger partial charge in [0.05, 0.1) is 13.2 Å². The Labute approximate surface area is 124 Å². The molecule has 0 aliphatic carbocycles. The summed E-state index contributed by atoms with van der Waals surface area (Å²) in [5, 5.41) is 3.23. The number of methoxy groups -OCH3 is 1. The molecule has 116 valence electrons. The first kappa shape index (κ1) is 15.7. The number of amides is 1. The number of hydrogen-bond donors (Lipinski definition) is 1. The second kappa shape index (κ2) is 7.33. The van der Waals surface area contributed by atoms with Gasteiger partial charge in [-0.15, -0.1) is 0 Å². The zero-order chi connectivity index (χ0) is 15.2. The average Bonchev–Trinajstić information content (AvgIpc) is 2.47. The fraction of sp³-hybridized carbons (Fsp3) is 0.643. The summed E-state index contributed by atoms with van der Waals surface area (Å²) in [6.45, 7) is 5.59. The van der Waals surface area contributed by atoms with Crippen LogP contribution in [0.2, 0.25) is 0 Å². The number of nitrogens with zero attached hydrogens (tertiary/aromatic N) is 3. The standard InChI is InChI=1S/C14H22N4O3/c1-10(2)16-12-4-5-15-14(17-12)11-8-21-7-6-18(11)13(19)9-20-3/h4-5,10-11H,6-9H2,1-3H3,(H,15,16,17)/t11-/m1/s1. The predicted octanol–water partition coefficient (Wildman–Crippen LogP) is 0.843. The molecule has 0 saturated carbocycles. The van der Waals surface area contributed by atoms with Gasteiger partial charge in [-0.05, 0) is 19.9 Å². The van der Waals surface area contributed by atoms with Crippen LogP contribution in [0.4, 0.5) is 5.82 Å². The Bertz CT molecular complexity index is 481. The Morgan fingerprint density at radius 3 is 3.14 bits per heavy atom. The molecule has 1 aromatic rings. The molecule has 7 nitrogen and oxygen atoms in total. The first-order chi connectivity index (χ1) is 10.1. The van der Waals surface area contributed by atoms with Crippen molar-refractivity contribution >= 4 is 11.7 Å². The van der Waals surface area contributed by atoms with Crippen LogP contribution in [0.5, 0.6) is 0 Å². The number of aromatic nitrogens is 2. The van der Waals surface area contributed by atoms with Crippen molar-refractivity contribution in [2.75, 3.05) is 38.8 Å². The van der Waals surface area contributed by atoms with E-state index in [9.17, 15) is 4.79 Å². The van der Waals surface area contributed by atoms with Crippen LogP contribution in [-0.4, -0.2) is 60.3 Å². The first-order valence-corrected chi connectivity index (χ1v) is 7.07. The fourth-order valence-corrected chi connectivity index (χ4v) is 2.23. The lowest BCUT2D eigenvalue weighted by atomic mass is 10.2. The summed E-state index contributed by atoms with van der Waals surface area (Å²) in [7, 11) is 1.51. The molecule has 0 bridgehead atoms. The summed E-state index contributed by atoms with van der Waals surface area (Å²) < 4.78 is 10.4. The van der Waals surface area contributed by atoms with Gasteiger partial charge in [0.1, 0.15) is 18.5 Å². The number of morpholine rings is 1. The number of carbonyl (C=O) groups is 1. The Morgan fingerprint density at radius 2 is 2.43 bits per heavy atom. The Kier molecular flexibility index (Phi) is 5.46. The van der Waals surface area contributed by atoms with Gasteiger partial charge in [-0.1, -0.05) is 0 Å². The molecule has 1 N–H and O–H groups in total. The van der Waals surface area contributed by atoms with Gasteiger partial charge in [0, 0.05) is 25.9 Å². The molecule has 2 rings (SSSR count). The molecule has 1 aliphatic rings. The van der Waals surface area contributed by atoms with Crippen molar-refractivity contribution < 1.29 is 14.3 Å². The van der Waals surface area contributed by atoms with E-state index < -0.39 is 0 Å². The Hall–Kier alpha value is -1.73. The van der Waals surface area contributed by atoms with Crippen LogP contribution in [0.15, 0.2) is 12.3 Å². The summed E-state index contributed by atoms with van der Waals surface area (Å²) in [5.41, 5.74) is 0. The number of nitrogens with one attached hydrogen (secondary N) is 1. The molecule has 2 heterocycles. The summed E-state index contributed by atoms with van der Waals surface area (Å²) in [6.07, 6.45) is 1.70. The molecular weight excluding hydrogens is 272 g/mol. The average molecular weight is 294 g/mol. The largest absolute Gasteiger partial charge is 0.377 e. The van der Waals surface area contributed by atoms with Crippen LogP contribution < -0.4 is 5.32 Å². The van der Waals surface area contributed by atoms with Crippen LogP contribution in [0.25, 0.3) is 0 Å². The molecule has 21 heavy (non-hydrogen) atoms. The van der Waals surface area contributed by atoms with Gasteiger partial charge in [0.2, 0.25) is 5.91 Å². The molecular formula is C14H22N4O3. The molecule has 0 unspecified atom stereocenters.